The summed E-state index contributed by atoms with van der Waals surface area (Å²) in [5.41, 5.74) is 3.17. The van der Waals surface area contributed by atoms with Crippen LogP contribution in [-0.4, -0.2) is 51.6 Å². The van der Waals surface area contributed by atoms with E-state index < -0.39 is 0 Å². The number of nitriles is 1. The number of aromatic nitrogens is 3. The van der Waals surface area contributed by atoms with Crippen molar-refractivity contribution in [3.05, 3.63) is 66.4 Å². The quantitative estimate of drug-likeness (QED) is 0.607. The number of thiocarbonyl (C=S) groups is 1. The summed E-state index contributed by atoms with van der Waals surface area (Å²) in [4.78, 5) is 0. The van der Waals surface area contributed by atoms with Crippen LogP contribution in [0.1, 0.15) is 11.6 Å². The molecule has 2 aliphatic heterocycles. The summed E-state index contributed by atoms with van der Waals surface area (Å²) in [5, 5.41) is 24.5. The Balaban J connectivity index is 1.22. The molecule has 0 bridgehead atoms. The van der Waals surface area contributed by atoms with Crippen LogP contribution in [0, 0.1) is 11.3 Å². The summed E-state index contributed by atoms with van der Waals surface area (Å²) in [6.07, 6.45) is 1.66. The van der Waals surface area contributed by atoms with E-state index in [9.17, 15) is 0 Å². The maximum Gasteiger partial charge on any atom is 0.171 e. The minimum absolute atomic E-state index is 0.0457. The maximum atomic E-state index is 9.04. The summed E-state index contributed by atoms with van der Waals surface area (Å²) in [6, 6.07) is 19.1. The van der Waals surface area contributed by atoms with E-state index in [1.807, 2.05) is 53.3 Å². The van der Waals surface area contributed by atoms with Gasteiger partial charge in [0.15, 0.2) is 5.11 Å². The van der Waals surface area contributed by atoms with Crippen molar-refractivity contribution in [3.63, 3.8) is 0 Å². The minimum Gasteiger partial charge on any atom is -0.371 e. The molecule has 0 spiro atoms. The van der Waals surface area contributed by atoms with Crippen LogP contribution in [0.5, 0.6) is 0 Å². The highest BCUT2D eigenvalue weighted by Crippen LogP contribution is 2.34. The SMILES string of the molecule is N#Cc1cccc(NC(=S)N[C@H]2CO[C@H]3[C@H]2OC[C@H]3n2cc(-c3ccccc3)nn2)c1. The van der Waals surface area contributed by atoms with Gasteiger partial charge in [0, 0.05) is 11.3 Å². The Bertz CT molecular complexity index is 1130. The molecule has 156 valence electrons. The molecule has 2 saturated heterocycles. The normalized spacial score (nSPS) is 24.4. The van der Waals surface area contributed by atoms with Gasteiger partial charge in [0.2, 0.25) is 0 Å². The third-order valence-corrected chi connectivity index (χ3v) is 5.73. The van der Waals surface area contributed by atoms with E-state index in [4.69, 9.17) is 27.0 Å². The summed E-state index contributed by atoms with van der Waals surface area (Å²) in [5.74, 6) is 0. The molecule has 0 amide bonds. The van der Waals surface area contributed by atoms with Crippen LogP contribution in [0.4, 0.5) is 5.69 Å². The molecule has 5 rings (SSSR count). The van der Waals surface area contributed by atoms with Gasteiger partial charge in [-0.3, -0.25) is 0 Å². The Hall–Kier alpha value is -3.32. The van der Waals surface area contributed by atoms with Crippen LogP contribution in [0.2, 0.25) is 0 Å². The number of anilines is 1. The van der Waals surface area contributed by atoms with Gasteiger partial charge in [-0.05, 0) is 30.4 Å². The Labute approximate surface area is 184 Å². The molecular weight excluding hydrogens is 412 g/mol. The maximum absolute atomic E-state index is 9.04. The second-order valence-corrected chi connectivity index (χ2v) is 7.92. The third kappa shape index (κ3) is 4.01. The van der Waals surface area contributed by atoms with Gasteiger partial charge < -0.3 is 20.1 Å². The molecule has 0 aliphatic carbocycles. The van der Waals surface area contributed by atoms with Gasteiger partial charge in [0.1, 0.15) is 23.9 Å². The van der Waals surface area contributed by atoms with Gasteiger partial charge in [-0.15, -0.1) is 5.10 Å². The standard InChI is InChI=1S/C22H20N6O2S/c23-10-14-5-4-8-16(9-14)24-22(31)25-18-12-29-21-19(13-30-20(18)21)28-11-17(26-27-28)15-6-2-1-3-7-15/h1-9,11,18-21H,12-13H2,(H2,24,25,31)/t18-,19+,20-,21+/m0/s1. The highest BCUT2D eigenvalue weighted by molar-refractivity contribution is 7.80. The number of fused-ring (bicyclic) bond motifs is 1. The monoisotopic (exact) mass is 432 g/mol. The molecule has 1 aromatic heterocycles. The molecule has 2 aliphatic rings. The van der Waals surface area contributed by atoms with E-state index in [-0.39, 0.29) is 24.3 Å². The van der Waals surface area contributed by atoms with Gasteiger partial charge in [0.25, 0.3) is 0 Å². The van der Waals surface area contributed by atoms with Crippen LogP contribution in [0.3, 0.4) is 0 Å². The van der Waals surface area contributed by atoms with Gasteiger partial charge in [-0.2, -0.15) is 5.26 Å². The number of rotatable bonds is 4. The van der Waals surface area contributed by atoms with E-state index in [1.165, 1.54) is 0 Å². The molecule has 0 saturated carbocycles. The van der Waals surface area contributed by atoms with Crippen LogP contribution in [0.15, 0.2) is 60.8 Å². The largest absolute Gasteiger partial charge is 0.371 e. The van der Waals surface area contributed by atoms with Gasteiger partial charge in [-0.1, -0.05) is 41.6 Å². The molecule has 31 heavy (non-hydrogen) atoms. The molecule has 2 aromatic carbocycles. The van der Waals surface area contributed by atoms with Gasteiger partial charge in [0.05, 0.1) is 37.1 Å². The average Bonchev–Trinajstić information content (AvgIpc) is 3.52. The van der Waals surface area contributed by atoms with Crippen molar-refractivity contribution < 1.29 is 9.47 Å². The third-order valence-electron chi connectivity index (χ3n) is 5.51. The molecule has 0 unspecified atom stereocenters. The number of hydrogen-bond acceptors (Lipinski definition) is 6. The lowest BCUT2D eigenvalue weighted by Gasteiger charge is -2.20. The zero-order valence-corrected chi connectivity index (χ0v) is 17.3. The molecule has 2 N–H and O–H groups in total. The molecular formula is C22H20N6O2S. The van der Waals surface area contributed by atoms with Crippen molar-refractivity contribution in [2.24, 2.45) is 0 Å². The Morgan fingerprint density at radius 2 is 1.94 bits per heavy atom. The lowest BCUT2D eigenvalue weighted by Crippen LogP contribution is -2.45. The average molecular weight is 433 g/mol. The fourth-order valence-electron chi connectivity index (χ4n) is 4.01. The van der Waals surface area contributed by atoms with Crippen LogP contribution < -0.4 is 10.6 Å². The van der Waals surface area contributed by atoms with E-state index in [1.54, 1.807) is 12.1 Å². The molecule has 9 heteroatoms. The zero-order chi connectivity index (χ0) is 21.2. The molecule has 0 radical (unpaired) electrons. The molecule has 3 heterocycles. The first-order valence-corrected chi connectivity index (χ1v) is 10.4. The molecule has 2 fully saturated rings. The molecule has 8 nitrogen and oxygen atoms in total. The van der Waals surface area contributed by atoms with Crippen molar-refractivity contribution >= 4 is 23.0 Å². The fourth-order valence-corrected chi connectivity index (χ4v) is 4.28. The lowest BCUT2D eigenvalue weighted by molar-refractivity contribution is 0.0624. The smallest absolute Gasteiger partial charge is 0.171 e. The first kappa shape index (κ1) is 19.6. The Morgan fingerprint density at radius 1 is 1.10 bits per heavy atom. The van der Waals surface area contributed by atoms with E-state index in [2.05, 4.69) is 27.0 Å². The Morgan fingerprint density at radius 3 is 2.77 bits per heavy atom. The van der Waals surface area contributed by atoms with E-state index in [0.29, 0.717) is 23.9 Å². The number of benzene rings is 2. The first-order valence-electron chi connectivity index (χ1n) is 9.99. The van der Waals surface area contributed by atoms with Crippen molar-refractivity contribution in [2.75, 3.05) is 18.5 Å². The second kappa shape index (κ2) is 8.43. The Kier molecular flexibility index (Phi) is 5.34. The van der Waals surface area contributed by atoms with E-state index in [0.717, 1.165) is 16.9 Å². The lowest BCUT2D eigenvalue weighted by atomic mass is 10.1. The van der Waals surface area contributed by atoms with Gasteiger partial charge in [-0.25, -0.2) is 4.68 Å². The fraction of sp³-hybridized carbons (Fsp3) is 0.273. The van der Waals surface area contributed by atoms with E-state index >= 15 is 0 Å². The van der Waals surface area contributed by atoms with Crippen molar-refractivity contribution in [2.45, 2.75) is 24.3 Å². The zero-order valence-electron chi connectivity index (χ0n) is 16.5. The summed E-state index contributed by atoms with van der Waals surface area (Å²) < 4.78 is 13.9. The predicted octanol–water partition coefficient (Wildman–Crippen LogP) is 2.51. The summed E-state index contributed by atoms with van der Waals surface area (Å²) >= 11 is 5.45. The van der Waals surface area contributed by atoms with Crippen molar-refractivity contribution in [1.82, 2.24) is 20.3 Å². The number of nitrogens with one attached hydrogen (secondary N) is 2. The van der Waals surface area contributed by atoms with Crippen LogP contribution >= 0.6 is 12.2 Å². The number of hydrogen-bond donors (Lipinski definition) is 2. The first-order chi connectivity index (χ1) is 15.2. The number of ether oxygens (including phenoxy) is 2. The summed E-state index contributed by atoms with van der Waals surface area (Å²) in [7, 11) is 0. The highest BCUT2D eigenvalue weighted by atomic mass is 32.1. The van der Waals surface area contributed by atoms with Crippen molar-refractivity contribution in [1.29, 1.82) is 5.26 Å². The number of nitrogens with zero attached hydrogens (tertiary/aromatic N) is 4. The van der Waals surface area contributed by atoms with Crippen LogP contribution in [0.25, 0.3) is 11.3 Å². The van der Waals surface area contributed by atoms with Gasteiger partial charge >= 0.3 is 0 Å². The molecule has 4 atom stereocenters. The minimum atomic E-state index is -0.139. The van der Waals surface area contributed by atoms with Crippen molar-refractivity contribution in [3.8, 4) is 17.3 Å². The second-order valence-electron chi connectivity index (χ2n) is 7.51. The molecule has 3 aromatic rings. The highest BCUT2D eigenvalue weighted by Gasteiger charge is 2.49. The summed E-state index contributed by atoms with van der Waals surface area (Å²) in [6.45, 7) is 0.974. The topological polar surface area (TPSA) is 97.0 Å². The predicted molar refractivity (Wildman–Crippen MR) is 118 cm³/mol. The van der Waals surface area contributed by atoms with Crippen LogP contribution in [-0.2, 0) is 9.47 Å².